The number of azide groups is 1. The van der Waals surface area contributed by atoms with E-state index in [9.17, 15) is 0 Å². The fourth-order valence-electron chi connectivity index (χ4n) is 1.97. The Morgan fingerprint density at radius 2 is 2.64 bits per heavy atom. The summed E-state index contributed by atoms with van der Waals surface area (Å²) in [5.41, 5.74) is 10.7. The van der Waals surface area contributed by atoms with E-state index in [4.69, 9.17) is 5.53 Å². The second kappa shape index (κ2) is 3.72. The van der Waals surface area contributed by atoms with Gasteiger partial charge in [0.25, 0.3) is 0 Å². The molecule has 0 unspecified atom stereocenters. The first-order valence-corrected chi connectivity index (χ1v) is 4.75. The topological polar surface area (TPSA) is 66.6 Å². The molecule has 0 bridgehead atoms. The standard InChI is InChI=1S/C9H12N5/c1-2-14-9-5-3-4-8(12-13-10)7(9)6-11-14/h6,8H,1-5H2/t8-/m1/s1. The number of fused-ring (bicyclic) bond motifs is 1. The first-order valence-electron chi connectivity index (χ1n) is 4.75. The molecular weight excluding hydrogens is 178 g/mol. The fourth-order valence-corrected chi connectivity index (χ4v) is 1.97. The van der Waals surface area contributed by atoms with Crippen LogP contribution in [0.15, 0.2) is 11.3 Å². The second-order valence-corrected chi connectivity index (χ2v) is 3.38. The summed E-state index contributed by atoms with van der Waals surface area (Å²) in [6.07, 6.45) is 4.81. The minimum atomic E-state index is -0.0240. The molecule has 0 aromatic carbocycles. The SMILES string of the molecule is [CH2]Cn1ncc2c1CCC[C@H]2N=[N+]=[N-]. The summed E-state index contributed by atoms with van der Waals surface area (Å²) < 4.78 is 1.88. The van der Waals surface area contributed by atoms with Crippen molar-refractivity contribution in [2.24, 2.45) is 5.11 Å². The predicted octanol–water partition coefficient (Wildman–Crippen LogP) is 2.40. The summed E-state index contributed by atoms with van der Waals surface area (Å²) in [6, 6.07) is -0.0240. The van der Waals surface area contributed by atoms with E-state index >= 15 is 0 Å². The van der Waals surface area contributed by atoms with Gasteiger partial charge in [-0.1, -0.05) is 5.11 Å². The van der Waals surface area contributed by atoms with E-state index in [-0.39, 0.29) is 6.04 Å². The molecule has 1 aromatic rings. The Morgan fingerprint density at radius 1 is 1.79 bits per heavy atom. The van der Waals surface area contributed by atoms with Gasteiger partial charge in [0.2, 0.25) is 0 Å². The summed E-state index contributed by atoms with van der Waals surface area (Å²) in [5, 5.41) is 8.00. The van der Waals surface area contributed by atoms with Gasteiger partial charge < -0.3 is 0 Å². The maximum atomic E-state index is 8.43. The Morgan fingerprint density at radius 3 is 3.36 bits per heavy atom. The molecule has 5 nitrogen and oxygen atoms in total. The van der Waals surface area contributed by atoms with Crippen LogP contribution in [-0.4, -0.2) is 9.78 Å². The molecule has 1 aromatic heterocycles. The third-order valence-corrected chi connectivity index (χ3v) is 2.63. The Hall–Kier alpha value is -1.48. The van der Waals surface area contributed by atoms with Crippen molar-refractivity contribution in [3.8, 4) is 0 Å². The van der Waals surface area contributed by atoms with E-state index in [0.29, 0.717) is 6.54 Å². The van der Waals surface area contributed by atoms with Crippen molar-refractivity contribution in [2.45, 2.75) is 31.8 Å². The van der Waals surface area contributed by atoms with E-state index in [1.807, 2.05) is 4.68 Å². The van der Waals surface area contributed by atoms with Gasteiger partial charge in [-0.2, -0.15) is 5.10 Å². The molecule has 5 heteroatoms. The smallest absolute Gasteiger partial charge is 0.0659 e. The lowest BCUT2D eigenvalue weighted by Crippen LogP contribution is -2.10. The van der Waals surface area contributed by atoms with Crippen molar-refractivity contribution in [2.75, 3.05) is 0 Å². The van der Waals surface area contributed by atoms with Crippen molar-refractivity contribution < 1.29 is 0 Å². The molecule has 1 atom stereocenters. The molecule has 2 rings (SSSR count). The number of hydrogen-bond donors (Lipinski definition) is 0. The van der Waals surface area contributed by atoms with Gasteiger partial charge in [-0.3, -0.25) is 4.68 Å². The lowest BCUT2D eigenvalue weighted by Gasteiger charge is -2.18. The molecule has 0 amide bonds. The van der Waals surface area contributed by atoms with E-state index in [2.05, 4.69) is 22.0 Å². The van der Waals surface area contributed by atoms with Crippen LogP contribution in [0.25, 0.3) is 10.4 Å². The van der Waals surface area contributed by atoms with Gasteiger partial charge in [0, 0.05) is 22.7 Å². The monoisotopic (exact) mass is 190 g/mol. The molecule has 0 aliphatic heterocycles. The third kappa shape index (κ3) is 1.36. The number of nitrogens with zero attached hydrogens (tertiary/aromatic N) is 5. The highest BCUT2D eigenvalue weighted by Crippen LogP contribution is 2.32. The van der Waals surface area contributed by atoms with Crippen LogP contribution in [-0.2, 0) is 13.0 Å². The average Bonchev–Trinajstić information content (AvgIpc) is 2.62. The van der Waals surface area contributed by atoms with Crippen LogP contribution in [0.1, 0.15) is 30.1 Å². The average molecular weight is 190 g/mol. The van der Waals surface area contributed by atoms with Gasteiger partial charge in [0.05, 0.1) is 12.2 Å². The second-order valence-electron chi connectivity index (χ2n) is 3.38. The van der Waals surface area contributed by atoms with Gasteiger partial charge in [0.15, 0.2) is 0 Å². The van der Waals surface area contributed by atoms with Crippen LogP contribution in [0.3, 0.4) is 0 Å². The molecule has 1 aliphatic carbocycles. The molecular formula is C9H12N5. The minimum absolute atomic E-state index is 0.0240. The molecule has 1 heterocycles. The molecule has 0 saturated heterocycles. The summed E-state index contributed by atoms with van der Waals surface area (Å²) >= 11 is 0. The first kappa shape index (κ1) is 9.09. The number of hydrogen-bond acceptors (Lipinski definition) is 2. The highest BCUT2D eigenvalue weighted by molar-refractivity contribution is 5.25. The fraction of sp³-hybridized carbons (Fsp3) is 0.556. The van der Waals surface area contributed by atoms with Gasteiger partial charge in [-0.15, -0.1) is 0 Å². The van der Waals surface area contributed by atoms with Crippen molar-refractivity contribution in [3.63, 3.8) is 0 Å². The number of rotatable bonds is 2. The highest BCUT2D eigenvalue weighted by atomic mass is 15.3. The lowest BCUT2D eigenvalue weighted by molar-refractivity contribution is 0.538. The molecule has 73 valence electrons. The van der Waals surface area contributed by atoms with Gasteiger partial charge in [-0.05, 0) is 31.7 Å². The first-order chi connectivity index (χ1) is 6.86. The van der Waals surface area contributed by atoms with Crippen molar-refractivity contribution in [3.05, 3.63) is 34.8 Å². The normalized spacial score (nSPS) is 19.9. The van der Waals surface area contributed by atoms with E-state index in [0.717, 1.165) is 24.8 Å². The molecule has 0 fully saturated rings. The van der Waals surface area contributed by atoms with E-state index < -0.39 is 0 Å². The highest BCUT2D eigenvalue weighted by Gasteiger charge is 2.22. The Balaban J connectivity index is 2.40. The number of aromatic nitrogens is 2. The predicted molar refractivity (Wildman–Crippen MR) is 52.4 cm³/mol. The van der Waals surface area contributed by atoms with Crippen LogP contribution in [0.4, 0.5) is 0 Å². The molecule has 1 radical (unpaired) electrons. The van der Waals surface area contributed by atoms with Gasteiger partial charge >= 0.3 is 0 Å². The van der Waals surface area contributed by atoms with Gasteiger partial charge in [0.1, 0.15) is 0 Å². The van der Waals surface area contributed by atoms with Crippen molar-refractivity contribution in [1.82, 2.24) is 9.78 Å². The lowest BCUT2D eigenvalue weighted by atomic mass is 9.94. The van der Waals surface area contributed by atoms with Crippen molar-refractivity contribution in [1.29, 1.82) is 0 Å². The molecule has 1 aliphatic rings. The summed E-state index contributed by atoms with van der Waals surface area (Å²) in [5.74, 6) is 0. The van der Waals surface area contributed by atoms with Crippen LogP contribution >= 0.6 is 0 Å². The summed E-state index contributed by atoms with van der Waals surface area (Å²) in [7, 11) is 0. The molecule has 0 saturated carbocycles. The van der Waals surface area contributed by atoms with Gasteiger partial charge in [-0.25, -0.2) is 0 Å². The maximum Gasteiger partial charge on any atom is 0.0659 e. The van der Waals surface area contributed by atoms with Crippen LogP contribution in [0.2, 0.25) is 0 Å². The summed E-state index contributed by atoms with van der Waals surface area (Å²) in [6.45, 7) is 4.44. The zero-order valence-electron chi connectivity index (χ0n) is 7.93. The quantitative estimate of drug-likeness (QED) is 0.401. The van der Waals surface area contributed by atoms with Crippen LogP contribution in [0.5, 0.6) is 0 Å². The van der Waals surface area contributed by atoms with Crippen molar-refractivity contribution >= 4 is 0 Å². The largest absolute Gasteiger partial charge is 0.269 e. The molecule has 0 N–H and O–H groups in total. The van der Waals surface area contributed by atoms with E-state index in [1.54, 1.807) is 6.20 Å². The Kier molecular flexibility index (Phi) is 2.41. The van der Waals surface area contributed by atoms with Crippen LogP contribution < -0.4 is 0 Å². The zero-order valence-corrected chi connectivity index (χ0v) is 7.93. The maximum absolute atomic E-state index is 8.43. The molecule has 14 heavy (non-hydrogen) atoms. The van der Waals surface area contributed by atoms with Crippen LogP contribution in [0, 0.1) is 6.92 Å². The molecule has 0 spiro atoms. The zero-order chi connectivity index (χ0) is 9.97. The Labute approximate surface area is 82.4 Å². The summed E-state index contributed by atoms with van der Waals surface area (Å²) in [4.78, 5) is 2.87. The van der Waals surface area contributed by atoms with E-state index in [1.165, 1.54) is 5.69 Å². The Bertz CT molecular complexity index is 375. The third-order valence-electron chi connectivity index (χ3n) is 2.63. The minimum Gasteiger partial charge on any atom is -0.269 e.